The van der Waals surface area contributed by atoms with E-state index in [0.29, 0.717) is 5.69 Å². The lowest BCUT2D eigenvalue weighted by Crippen LogP contribution is -2.13. The van der Waals surface area contributed by atoms with Gasteiger partial charge in [0, 0.05) is 11.7 Å². The molecule has 1 nitrogen and oxygen atoms in total. The Morgan fingerprint density at radius 3 is 2.56 bits per heavy atom. The zero-order chi connectivity index (χ0) is 12.3. The number of hydrogen-bond acceptors (Lipinski definition) is 1. The number of nitrogens with one attached hydrogen (secondary N) is 1. The van der Waals surface area contributed by atoms with Gasteiger partial charge in [0.1, 0.15) is 0 Å². The lowest BCUT2D eigenvalue weighted by atomic mass is 10.2. The molecule has 1 unspecified atom stereocenters. The fraction of sp³-hybridized carbons (Fsp3) is 0.273. The van der Waals surface area contributed by atoms with Gasteiger partial charge in [-0.3, -0.25) is 0 Å². The molecule has 0 spiro atoms. The van der Waals surface area contributed by atoms with Gasteiger partial charge in [0.2, 0.25) is 0 Å². The molecule has 1 rings (SSSR count). The normalized spacial score (nSPS) is 13.3. The van der Waals surface area contributed by atoms with Crippen LogP contribution in [0, 0.1) is 0 Å². The third kappa shape index (κ3) is 3.17. The Kier molecular flexibility index (Phi) is 3.86. The summed E-state index contributed by atoms with van der Waals surface area (Å²) in [7, 11) is 0. The summed E-state index contributed by atoms with van der Waals surface area (Å²) in [6.07, 6.45) is -2.84. The highest BCUT2D eigenvalue weighted by Crippen LogP contribution is 2.36. The number of anilines is 1. The van der Waals surface area contributed by atoms with E-state index in [4.69, 9.17) is 11.6 Å². The molecule has 0 fully saturated rings. The smallest absolute Gasteiger partial charge is 0.379 e. The third-order valence-corrected chi connectivity index (χ3v) is 2.35. The Bertz CT molecular complexity index is 387. The van der Waals surface area contributed by atoms with Gasteiger partial charge in [-0.05, 0) is 25.1 Å². The van der Waals surface area contributed by atoms with Gasteiger partial charge in [-0.15, -0.1) is 6.58 Å². The van der Waals surface area contributed by atoms with Gasteiger partial charge < -0.3 is 5.32 Å². The number of alkyl halides is 3. The second-order valence-electron chi connectivity index (χ2n) is 3.36. The summed E-state index contributed by atoms with van der Waals surface area (Å²) < 4.78 is 37.5. The van der Waals surface area contributed by atoms with Gasteiger partial charge >= 0.3 is 6.18 Å². The topological polar surface area (TPSA) is 12.0 Å². The SMILES string of the molecule is C=CC(C)Nc1ccc(Cl)c(C(F)(F)F)c1. The van der Waals surface area contributed by atoms with Crippen LogP contribution in [0.4, 0.5) is 18.9 Å². The summed E-state index contributed by atoms with van der Waals surface area (Å²) in [5.41, 5.74) is -0.473. The second kappa shape index (κ2) is 4.78. The van der Waals surface area contributed by atoms with E-state index < -0.39 is 11.7 Å². The van der Waals surface area contributed by atoms with Crippen LogP contribution in [0.1, 0.15) is 12.5 Å². The molecule has 88 valence electrons. The lowest BCUT2D eigenvalue weighted by molar-refractivity contribution is -0.137. The number of benzene rings is 1. The molecule has 0 aromatic heterocycles. The predicted octanol–water partition coefficient (Wildman–Crippen LogP) is 4.35. The van der Waals surface area contributed by atoms with Crippen LogP contribution in [0.15, 0.2) is 30.9 Å². The molecule has 1 atom stereocenters. The first-order valence-corrected chi connectivity index (χ1v) is 4.98. The van der Waals surface area contributed by atoms with Crippen LogP contribution in [-0.4, -0.2) is 6.04 Å². The Morgan fingerprint density at radius 2 is 2.06 bits per heavy atom. The van der Waals surface area contributed by atoms with Crippen molar-refractivity contribution in [2.24, 2.45) is 0 Å². The van der Waals surface area contributed by atoms with E-state index in [1.807, 2.05) is 0 Å². The van der Waals surface area contributed by atoms with Crippen LogP contribution in [0.25, 0.3) is 0 Å². The zero-order valence-corrected chi connectivity index (χ0v) is 9.36. The van der Waals surface area contributed by atoms with E-state index in [1.54, 1.807) is 13.0 Å². The number of rotatable bonds is 3. The van der Waals surface area contributed by atoms with Gasteiger partial charge in [0.05, 0.1) is 10.6 Å². The molecule has 0 amide bonds. The number of hydrogen-bond donors (Lipinski definition) is 1. The Labute approximate surface area is 96.9 Å². The van der Waals surface area contributed by atoms with Crippen molar-refractivity contribution in [2.75, 3.05) is 5.32 Å². The third-order valence-electron chi connectivity index (χ3n) is 2.02. The molecule has 0 aliphatic carbocycles. The molecule has 1 aromatic carbocycles. The molecule has 1 N–H and O–H groups in total. The van der Waals surface area contributed by atoms with Crippen LogP contribution >= 0.6 is 11.6 Å². The largest absolute Gasteiger partial charge is 0.417 e. The average molecular weight is 250 g/mol. The van der Waals surface area contributed by atoms with Crippen LogP contribution in [0.2, 0.25) is 5.02 Å². The molecule has 0 aliphatic rings. The highest BCUT2D eigenvalue weighted by Gasteiger charge is 2.33. The Hall–Kier alpha value is -1.16. The highest BCUT2D eigenvalue weighted by molar-refractivity contribution is 6.31. The Morgan fingerprint density at radius 1 is 1.44 bits per heavy atom. The van der Waals surface area contributed by atoms with E-state index >= 15 is 0 Å². The molecule has 0 bridgehead atoms. The number of halogens is 4. The zero-order valence-electron chi connectivity index (χ0n) is 8.61. The standard InChI is InChI=1S/C11H11ClF3N/c1-3-7(2)16-8-4-5-10(12)9(6-8)11(13,14)15/h3-7,16H,1H2,2H3. The summed E-state index contributed by atoms with van der Waals surface area (Å²) in [5, 5.41) is 2.55. The maximum Gasteiger partial charge on any atom is 0.417 e. The minimum Gasteiger partial charge on any atom is -0.379 e. The van der Waals surface area contributed by atoms with Crippen molar-refractivity contribution < 1.29 is 13.2 Å². The minimum absolute atomic E-state index is 0.109. The van der Waals surface area contributed by atoms with Crippen molar-refractivity contribution in [3.05, 3.63) is 41.4 Å². The molecule has 0 radical (unpaired) electrons. The van der Waals surface area contributed by atoms with Gasteiger partial charge in [-0.1, -0.05) is 17.7 Å². The molecule has 5 heteroatoms. The maximum absolute atomic E-state index is 12.5. The first kappa shape index (κ1) is 12.9. The molecule has 16 heavy (non-hydrogen) atoms. The summed E-state index contributed by atoms with van der Waals surface area (Å²) >= 11 is 5.48. The summed E-state index contributed by atoms with van der Waals surface area (Å²) in [6.45, 7) is 5.32. The van der Waals surface area contributed by atoms with E-state index in [-0.39, 0.29) is 11.1 Å². The van der Waals surface area contributed by atoms with Gasteiger partial charge in [-0.2, -0.15) is 13.2 Å². The van der Waals surface area contributed by atoms with Gasteiger partial charge in [0.25, 0.3) is 0 Å². The lowest BCUT2D eigenvalue weighted by Gasteiger charge is -2.14. The van der Waals surface area contributed by atoms with Crippen molar-refractivity contribution in [3.8, 4) is 0 Å². The van der Waals surface area contributed by atoms with Crippen molar-refractivity contribution in [1.82, 2.24) is 0 Å². The van der Waals surface area contributed by atoms with Crippen molar-refractivity contribution in [2.45, 2.75) is 19.1 Å². The predicted molar refractivity (Wildman–Crippen MR) is 59.7 cm³/mol. The molecule has 0 heterocycles. The Balaban J connectivity index is 3.03. The van der Waals surface area contributed by atoms with Crippen molar-refractivity contribution >= 4 is 17.3 Å². The second-order valence-corrected chi connectivity index (χ2v) is 3.77. The first-order chi connectivity index (χ1) is 7.34. The fourth-order valence-corrected chi connectivity index (χ4v) is 1.38. The quantitative estimate of drug-likeness (QED) is 0.786. The molecular formula is C11H11ClF3N. The molecule has 0 saturated heterocycles. The summed E-state index contributed by atoms with van der Waals surface area (Å²) in [5.74, 6) is 0. The van der Waals surface area contributed by atoms with Gasteiger partial charge in [-0.25, -0.2) is 0 Å². The van der Waals surface area contributed by atoms with E-state index in [0.717, 1.165) is 6.07 Å². The molecular weight excluding hydrogens is 239 g/mol. The molecule has 0 saturated carbocycles. The molecule has 0 aliphatic heterocycles. The fourth-order valence-electron chi connectivity index (χ4n) is 1.15. The minimum atomic E-state index is -4.44. The van der Waals surface area contributed by atoms with E-state index in [9.17, 15) is 13.2 Å². The first-order valence-electron chi connectivity index (χ1n) is 4.60. The van der Waals surface area contributed by atoms with Gasteiger partial charge in [0.15, 0.2) is 0 Å². The van der Waals surface area contributed by atoms with Crippen LogP contribution in [-0.2, 0) is 6.18 Å². The highest BCUT2D eigenvalue weighted by atomic mass is 35.5. The van der Waals surface area contributed by atoms with E-state index in [2.05, 4.69) is 11.9 Å². The van der Waals surface area contributed by atoms with Crippen LogP contribution in [0.3, 0.4) is 0 Å². The van der Waals surface area contributed by atoms with Crippen molar-refractivity contribution in [3.63, 3.8) is 0 Å². The summed E-state index contributed by atoms with van der Waals surface area (Å²) in [4.78, 5) is 0. The van der Waals surface area contributed by atoms with E-state index in [1.165, 1.54) is 12.1 Å². The molecule has 1 aromatic rings. The average Bonchev–Trinajstić information content (AvgIpc) is 2.19. The maximum atomic E-state index is 12.5. The van der Waals surface area contributed by atoms with Crippen LogP contribution in [0.5, 0.6) is 0 Å². The summed E-state index contributed by atoms with van der Waals surface area (Å²) in [6, 6.07) is 3.60. The van der Waals surface area contributed by atoms with Crippen LogP contribution < -0.4 is 5.32 Å². The van der Waals surface area contributed by atoms with Crippen molar-refractivity contribution in [1.29, 1.82) is 0 Å². The monoisotopic (exact) mass is 249 g/mol.